The van der Waals surface area contributed by atoms with E-state index in [1.807, 2.05) is 0 Å². The zero-order valence-electron chi connectivity index (χ0n) is 8.95. The third-order valence-corrected chi connectivity index (χ3v) is 3.30. The molecule has 92 valence electrons. The summed E-state index contributed by atoms with van der Waals surface area (Å²) in [7, 11) is 0. The summed E-state index contributed by atoms with van der Waals surface area (Å²) in [5, 5.41) is 28.5. The highest BCUT2D eigenvalue weighted by molar-refractivity contribution is 5.78. The van der Waals surface area contributed by atoms with Crippen LogP contribution >= 0.6 is 0 Å². The lowest BCUT2D eigenvalue weighted by atomic mass is 9.97. The first-order chi connectivity index (χ1) is 7.65. The summed E-state index contributed by atoms with van der Waals surface area (Å²) in [6.45, 7) is 0.425. The molecule has 0 spiro atoms. The fraction of sp³-hybridized carbons (Fsp3) is 0.900. The average Bonchev–Trinajstić information content (AvgIpc) is 2.69. The van der Waals surface area contributed by atoms with Crippen molar-refractivity contribution in [2.75, 3.05) is 19.8 Å². The maximum absolute atomic E-state index is 11.5. The van der Waals surface area contributed by atoms with Gasteiger partial charge in [0.05, 0.1) is 19.3 Å². The van der Waals surface area contributed by atoms with Crippen LogP contribution in [0.2, 0.25) is 0 Å². The maximum atomic E-state index is 11.5. The van der Waals surface area contributed by atoms with Crippen molar-refractivity contribution in [1.29, 1.82) is 0 Å². The molecular weight excluding hydrogens is 214 g/mol. The Balaban J connectivity index is 2.04. The summed E-state index contributed by atoms with van der Waals surface area (Å²) >= 11 is 0. The second kappa shape index (κ2) is 4.67. The number of rotatable bonds is 2. The zero-order chi connectivity index (χ0) is 11.7. The number of ether oxygens (including phenoxy) is 1. The van der Waals surface area contributed by atoms with Crippen molar-refractivity contribution in [1.82, 2.24) is 4.90 Å². The van der Waals surface area contributed by atoms with Gasteiger partial charge in [-0.15, -0.1) is 0 Å². The number of aliphatic hydroxyl groups excluding tert-OH is 3. The van der Waals surface area contributed by atoms with E-state index in [1.165, 1.54) is 0 Å². The van der Waals surface area contributed by atoms with Crippen molar-refractivity contribution >= 4 is 5.91 Å². The molecule has 3 N–H and O–H groups in total. The molecule has 2 aliphatic heterocycles. The lowest BCUT2D eigenvalue weighted by Gasteiger charge is -2.40. The van der Waals surface area contributed by atoms with E-state index in [-0.39, 0.29) is 19.1 Å². The van der Waals surface area contributed by atoms with Crippen LogP contribution in [0.1, 0.15) is 12.8 Å². The van der Waals surface area contributed by atoms with Gasteiger partial charge in [0.2, 0.25) is 5.91 Å². The molecule has 1 amide bonds. The van der Waals surface area contributed by atoms with Crippen LogP contribution in [-0.4, -0.2) is 70.2 Å². The van der Waals surface area contributed by atoms with E-state index in [9.17, 15) is 15.0 Å². The maximum Gasteiger partial charge on any atom is 0.223 e. The average molecular weight is 231 g/mol. The minimum Gasteiger partial charge on any atom is -0.394 e. The quantitative estimate of drug-likeness (QED) is 0.516. The van der Waals surface area contributed by atoms with Crippen LogP contribution in [0, 0.1) is 0 Å². The van der Waals surface area contributed by atoms with Crippen LogP contribution in [0.25, 0.3) is 0 Å². The normalized spacial score (nSPS) is 40.4. The van der Waals surface area contributed by atoms with E-state index in [0.29, 0.717) is 13.0 Å². The van der Waals surface area contributed by atoms with Crippen molar-refractivity contribution in [2.45, 2.75) is 37.2 Å². The monoisotopic (exact) mass is 231 g/mol. The largest absolute Gasteiger partial charge is 0.394 e. The molecule has 4 atom stereocenters. The lowest BCUT2D eigenvalue weighted by Crippen LogP contribution is -2.60. The summed E-state index contributed by atoms with van der Waals surface area (Å²) in [6, 6.07) is -0.493. The molecule has 0 aromatic rings. The Labute approximate surface area is 93.4 Å². The van der Waals surface area contributed by atoms with E-state index in [2.05, 4.69) is 0 Å². The second-order valence-corrected chi connectivity index (χ2v) is 4.29. The van der Waals surface area contributed by atoms with E-state index < -0.39 is 24.4 Å². The van der Waals surface area contributed by atoms with Crippen LogP contribution in [-0.2, 0) is 9.53 Å². The van der Waals surface area contributed by atoms with Crippen LogP contribution in [0.4, 0.5) is 0 Å². The van der Waals surface area contributed by atoms with Crippen LogP contribution < -0.4 is 0 Å². The summed E-state index contributed by atoms with van der Waals surface area (Å²) in [6.07, 6.45) is -1.68. The van der Waals surface area contributed by atoms with Gasteiger partial charge < -0.3 is 25.0 Å². The Morgan fingerprint density at radius 3 is 2.69 bits per heavy atom. The summed E-state index contributed by atoms with van der Waals surface area (Å²) < 4.78 is 5.23. The molecule has 6 heteroatoms. The van der Waals surface area contributed by atoms with Crippen LogP contribution in [0.15, 0.2) is 0 Å². The number of likely N-dealkylation sites (tertiary alicyclic amines) is 1. The second-order valence-electron chi connectivity index (χ2n) is 4.29. The number of nitrogens with zero attached hydrogens (tertiary/aromatic N) is 1. The molecule has 2 aliphatic rings. The standard InChI is InChI=1S/C10H17NO5/c12-4-7-10(15)9(14)6(5-16-7)11-3-1-2-8(11)13/h6-7,9-10,12,14-15H,1-5H2/t6?,7?,9?,10-/m0/s1. The number of aliphatic hydroxyl groups is 3. The molecule has 6 nitrogen and oxygen atoms in total. The molecule has 0 aromatic carbocycles. The molecule has 2 saturated heterocycles. The van der Waals surface area contributed by atoms with Crippen molar-refractivity contribution in [3.05, 3.63) is 0 Å². The molecule has 0 aromatic heterocycles. The number of hydrogen-bond acceptors (Lipinski definition) is 5. The number of hydrogen-bond donors (Lipinski definition) is 3. The number of amides is 1. The highest BCUT2D eigenvalue weighted by Crippen LogP contribution is 2.23. The van der Waals surface area contributed by atoms with Crippen molar-refractivity contribution in [2.24, 2.45) is 0 Å². The first kappa shape index (κ1) is 11.8. The number of carbonyl (C=O) groups excluding carboxylic acids is 1. The summed E-state index contributed by atoms with van der Waals surface area (Å²) in [5.41, 5.74) is 0. The van der Waals surface area contributed by atoms with E-state index in [1.54, 1.807) is 4.90 Å². The van der Waals surface area contributed by atoms with E-state index >= 15 is 0 Å². The predicted octanol–water partition coefficient (Wildman–Crippen LogP) is -1.91. The highest BCUT2D eigenvalue weighted by Gasteiger charge is 2.43. The minimum atomic E-state index is -1.14. The third-order valence-electron chi connectivity index (χ3n) is 3.30. The van der Waals surface area contributed by atoms with Gasteiger partial charge in [-0.05, 0) is 6.42 Å². The third kappa shape index (κ3) is 1.93. The smallest absolute Gasteiger partial charge is 0.223 e. The van der Waals surface area contributed by atoms with Crippen LogP contribution in [0.5, 0.6) is 0 Å². The van der Waals surface area contributed by atoms with Gasteiger partial charge in [-0.2, -0.15) is 0 Å². The molecule has 2 fully saturated rings. The van der Waals surface area contributed by atoms with Crippen molar-refractivity contribution in [3.8, 4) is 0 Å². The summed E-state index contributed by atoms with van der Waals surface area (Å²) in [4.78, 5) is 13.1. The fourth-order valence-electron chi connectivity index (χ4n) is 2.32. The SMILES string of the molecule is O=C1CCCN1C1COC(CO)[C@H](O)C1O. The van der Waals surface area contributed by atoms with Gasteiger partial charge in [0, 0.05) is 13.0 Å². The minimum absolute atomic E-state index is 0.0118. The van der Waals surface area contributed by atoms with Gasteiger partial charge in [0.25, 0.3) is 0 Å². The molecule has 0 saturated carbocycles. The molecular formula is C10H17NO5. The lowest BCUT2D eigenvalue weighted by molar-refractivity contribution is -0.183. The van der Waals surface area contributed by atoms with Crippen molar-refractivity contribution < 1.29 is 24.9 Å². The van der Waals surface area contributed by atoms with Gasteiger partial charge >= 0.3 is 0 Å². The molecule has 0 bridgehead atoms. The Morgan fingerprint density at radius 2 is 2.12 bits per heavy atom. The fourth-order valence-corrected chi connectivity index (χ4v) is 2.32. The molecule has 3 unspecified atom stereocenters. The van der Waals surface area contributed by atoms with Gasteiger partial charge in [0.1, 0.15) is 18.3 Å². The zero-order valence-corrected chi connectivity index (χ0v) is 8.95. The van der Waals surface area contributed by atoms with Gasteiger partial charge in [-0.3, -0.25) is 4.79 Å². The molecule has 0 aliphatic carbocycles. The first-order valence-corrected chi connectivity index (χ1v) is 5.53. The van der Waals surface area contributed by atoms with Gasteiger partial charge in [-0.1, -0.05) is 0 Å². The Bertz CT molecular complexity index is 272. The van der Waals surface area contributed by atoms with Crippen LogP contribution in [0.3, 0.4) is 0 Å². The van der Waals surface area contributed by atoms with E-state index in [0.717, 1.165) is 6.42 Å². The predicted molar refractivity (Wildman–Crippen MR) is 53.6 cm³/mol. The Kier molecular flexibility index (Phi) is 3.44. The van der Waals surface area contributed by atoms with E-state index in [4.69, 9.17) is 9.84 Å². The Morgan fingerprint density at radius 1 is 1.38 bits per heavy atom. The molecule has 2 rings (SSSR count). The summed E-state index contributed by atoms with van der Waals surface area (Å²) in [5.74, 6) is -0.0118. The van der Waals surface area contributed by atoms with Crippen molar-refractivity contribution in [3.63, 3.8) is 0 Å². The Hall–Kier alpha value is -0.690. The topological polar surface area (TPSA) is 90.2 Å². The molecule has 2 heterocycles. The molecule has 16 heavy (non-hydrogen) atoms. The molecule has 0 radical (unpaired) electrons. The van der Waals surface area contributed by atoms with Gasteiger partial charge in [0.15, 0.2) is 0 Å². The number of carbonyl (C=O) groups is 1. The van der Waals surface area contributed by atoms with Gasteiger partial charge in [-0.25, -0.2) is 0 Å². The first-order valence-electron chi connectivity index (χ1n) is 5.53. The highest BCUT2D eigenvalue weighted by atomic mass is 16.5.